The maximum Gasteiger partial charge on any atom is 0.326 e. The van der Waals surface area contributed by atoms with E-state index in [0.29, 0.717) is 5.56 Å². The van der Waals surface area contributed by atoms with Gasteiger partial charge in [0.1, 0.15) is 47.2 Å². The van der Waals surface area contributed by atoms with E-state index in [4.69, 9.17) is 58.1 Å². The van der Waals surface area contributed by atoms with E-state index in [2.05, 4.69) is 68.5 Å². The maximum atomic E-state index is 14.5. The van der Waals surface area contributed by atoms with Crippen LogP contribution in [0.1, 0.15) is 91.1 Å². The number of carbonyl (C=O) groups excluding carboxylic acids is 8. The van der Waals surface area contributed by atoms with Crippen LogP contribution in [0.4, 0.5) is 22.7 Å². The number of carboxylic acids is 1. The quantitative estimate of drug-likeness (QED) is 0.0150. The van der Waals surface area contributed by atoms with E-state index in [-0.39, 0.29) is 157 Å². The molecule has 8 amide bonds. The van der Waals surface area contributed by atoms with Gasteiger partial charge in [-0.1, -0.05) is 36.4 Å². The van der Waals surface area contributed by atoms with Gasteiger partial charge in [0, 0.05) is 83.0 Å². The Balaban J connectivity index is 0.969. The van der Waals surface area contributed by atoms with Gasteiger partial charge in [-0.2, -0.15) is 0 Å². The number of amides is 8. The fourth-order valence-electron chi connectivity index (χ4n) is 11.5. The van der Waals surface area contributed by atoms with Gasteiger partial charge < -0.3 is 115 Å². The monoisotopic (exact) mass is 1450 g/mol. The number of carbonyl (C=O) groups is 9. The van der Waals surface area contributed by atoms with Crippen LogP contribution in [0.5, 0.6) is 23.0 Å². The van der Waals surface area contributed by atoms with Gasteiger partial charge in [-0.25, -0.2) is 4.79 Å². The van der Waals surface area contributed by atoms with Crippen LogP contribution in [0.3, 0.4) is 0 Å². The molecular weight excluding hydrogens is 1370 g/mol. The number of guanidine groups is 3. The molecule has 5 unspecified atom stereocenters. The van der Waals surface area contributed by atoms with Gasteiger partial charge >= 0.3 is 5.97 Å². The molecule has 8 rings (SSSR count). The van der Waals surface area contributed by atoms with Crippen molar-refractivity contribution in [2.24, 2.45) is 22.9 Å². The fourth-order valence-corrected chi connectivity index (χ4v) is 11.5. The van der Waals surface area contributed by atoms with Crippen molar-refractivity contribution in [1.29, 1.82) is 16.2 Å². The summed E-state index contributed by atoms with van der Waals surface area (Å²) in [4.78, 5) is 133. The minimum absolute atomic E-state index is 0.00777. The van der Waals surface area contributed by atoms with Crippen molar-refractivity contribution in [3.05, 3.63) is 167 Å². The highest BCUT2D eigenvalue weighted by Crippen LogP contribution is 2.30. The molecule has 106 heavy (non-hydrogen) atoms. The van der Waals surface area contributed by atoms with Gasteiger partial charge in [0.15, 0.2) is 17.9 Å². The van der Waals surface area contributed by atoms with Crippen molar-refractivity contribution in [3.63, 3.8) is 0 Å². The first-order chi connectivity index (χ1) is 50.9. The number of aromatic amines is 2. The number of nitrogens with one attached hydrogen (secondary N) is 16. The largest absolute Gasteiger partial charge is 0.496 e. The SMILES string of the molecule is COc1ccc(NC(=O)C(CCCNC(=N)N)NC(=O)c2cc(NC(=O)C(CCCNC(=N)N)NC(=O)c3cc(NC(=O)C(CCCNC(=N)N)NC(=O)c4cc(NC(=O)C(N)Cc5c[nH]c6ccccc56)ccc4OC)ccc3OC)ccc2OC)cc1C(=O)NC(Cc1c[nH]c2ccccc12)C(=O)O. The van der Waals surface area contributed by atoms with Crippen LogP contribution in [-0.2, 0) is 36.8 Å². The number of H-pyrrole nitrogens is 2. The van der Waals surface area contributed by atoms with Crippen LogP contribution < -0.4 is 100 Å². The Bertz CT molecular complexity index is 4580. The van der Waals surface area contributed by atoms with Crippen molar-refractivity contribution in [3.8, 4) is 23.0 Å². The predicted octanol–water partition coefficient (Wildman–Crippen LogP) is 3.62. The van der Waals surface area contributed by atoms with Crippen molar-refractivity contribution >= 4 is 116 Å². The minimum Gasteiger partial charge on any atom is -0.496 e. The van der Waals surface area contributed by atoms with Gasteiger partial charge in [0.05, 0.1) is 56.7 Å². The number of hydrogen-bond donors (Lipinski definition) is 21. The maximum absolute atomic E-state index is 14.5. The van der Waals surface area contributed by atoms with Crippen LogP contribution in [0.2, 0.25) is 0 Å². The third-order valence-corrected chi connectivity index (χ3v) is 16.8. The summed E-state index contributed by atoms with van der Waals surface area (Å²) >= 11 is 0. The molecule has 0 saturated heterocycles. The molecule has 34 nitrogen and oxygen atoms in total. The van der Waals surface area contributed by atoms with Crippen LogP contribution in [0.15, 0.2) is 134 Å². The summed E-state index contributed by atoms with van der Waals surface area (Å²) in [5, 5.41) is 64.5. The van der Waals surface area contributed by atoms with Gasteiger partial charge in [-0.3, -0.25) is 54.6 Å². The van der Waals surface area contributed by atoms with E-state index < -0.39 is 83.4 Å². The fraction of sp³-hybridized carbons (Fsp3) is 0.278. The van der Waals surface area contributed by atoms with Gasteiger partial charge in [0.2, 0.25) is 23.6 Å². The zero-order valence-corrected chi connectivity index (χ0v) is 58.4. The average Bonchev–Trinajstić information content (AvgIpc) is 1.53. The van der Waals surface area contributed by atoms with Crippen LogP contribution in [-0.4, -0.2) is 164 Å². The van der Waals surface area contributed by atoms with E-state index in [9.17, 15) is 48.3 Å². The number of fused-ring (bicyclic) bond motifs is 2. The van der Waals surface area contributed by atoms with E-state index in [1.807, 2.05) is 42.5 Å². The van der Waals surface area contributed by atoms with E-state index in [0.717, 1.165) is 27.4 Å². The predicted molar refractivity (Wildman–Crippen MR) is 399 cm³/mol. The van der Waals surface area contributed by atoms with Crippen molar-refractivity contribution in [2.45, 2.75) is 81.6 Å². The molecule has 0 aliphatic heterocycles. The summed E-state index contributed by atoms with van der Waals surface area (Å²) in [6.07, 6.45) is 4.01. The number of carboxylic acid groups (broad SMARTS) is 1. The third-order valence-electron chi connectivity index (χ3n) is 16.8. The van der Waals surface area contributed by atoms with Crippen molar-refractivity contribution < 1.29 is 67.2 Å². The molecule has 0 radical (unpaired) electrons. The van der Waals surface area contributed by atoms with Crippen LogP contribution in [0, 0.1) is 16.2 Å². The summed E-state index contributed by atoms with van der Waals surface area (Å²) < 4.78 is 22.1. The number of aliphatic carboxylic acids is 1. The number of aromatic nitrogens is 2. The second kappa shape index (κ2) is 37.5. The Morgan fingerprint density at radius 2 is 0.708 bits per heavy atom. The molecule has 2 heterocycles. The molecule has 5 atom stereocenters. The second-order valence-corrected chi connectivity index (χ2v) is 24.2. The Hall–Kier alpha value is -13.4. The number of benzene rings is 6. The summed E-state index contributed by atoms with van der Waals surface area (Å²) in [6.45, 7) is 0.351. The number of nitrogens with two attached hydrogens (primary N) is 4. The van der Waals surface area contributed by atoms with Crippen molar-refractivity contribution in [2.75, 3.05) is 69.3 Å². The number of para-hydroxylation sites is 2. The first kappa shape index (κ1) is 78.3. The third kappa shape index (κ3) is 21.6. The molecule has 0 spiro atoms. The van der Waals surface area contributed by atoms with Crippen molar-refractivity contribution in [1.82, 2.24) is 47.2 Å². The van der Waals surface area contributed by atoms with Gasteiger partial charge in [0.25, 0.3) is 23.6 Å². The highest BCUT2D eigenvalue weighted by Gasteiger charge is 2.31. The molecule has 0 bridgehead atoms. The molecule has 34 heteroatoms. The Morgan fingerprint density at radius 3 is 1.01 bits per heavy atom. The second-order valence-electron chi connectivity index (χ2n) is 24.2. The molecule has 0 fully saturated rings. The normalized spacial score (nSPS) is 12.3. The highest BCUT2D eigenvalue weighted by atomic mass is 16.5. The molecule has 6 aromatic carbocycles. The summed E-state index contributed by atoms with van der Waals surface area (Å²) in [6, 6.07) is 25.2. The van der Waals surface area contributed by atoms with Crippen LogP contribution in [0.25, 0.3) is 21.8 Å². The molecule has 8 aromatic rings. The van der Waals surface area contributed by atoms with Gasteiger partial charge in [-0.15, -0.1) is 0 Å². The molecular formula is C72H86N20O14. The zero-order valence-electron chi connectivity index (χ0n) is 58.4. The topological polar surface area (TPSA) is 550 Å². The lowest BCUT2D eigenvalue weighted by Crippen LogP contribution is -2.45. The molecule has 0 saturated carbocycles. The van der Waals surface area contributed by atoms with E-state index in [1.165, 1.54) is 101 Å². The number of ether oxygens (including phenoxy) is 4. The zero-order chi connectivity index (χ0) is 76.6. The first-order valence-electron chi connectivity index (χ1n) is 33.4. The highest BCUT2D eigenvalue weighted by molar-refractivity contribution is 6.08. The summed E-state index contributed by atoms with van der Waals surface area (Å²) in [5.41, 5.74) is 26.0. The molecule has 0 aliphatic carbocycles. The lowest BCUT2D eigenvalue weighted by atomic mass is 10.0. The van der Waals surface area contributed by atoms with Crippen LogP contribution >= 0.6 is 0 Å². The Labute approximate surface area is 607 Å². The lowest BCUT2D eigenvalue weighted by molar-refractivity contribution is -0.139. The smallest absolute Gasteiger partial charge is 0.326 e. The number of anilines is 4. The first-order valence-corrected chi connectivity index (χ1v) is 33.4. The van der Waals surface area contributed by atoms with Gasteiger partial charge in [-0.05, 0) is 141 Å². The molecule has 558 valence electrons. The Kier molecular flexibility index (Phi) is 27.7. The molecule has 0 aliphatic rings. The summed E-state index contributed by atoms with van der Waals surface area (Å²) in [7, 11) is 5.23. The molecule has 2 aromatic heterocycles. The minimum atomic E-state index is -1.38. The summed E-state index contributed by atoms with van der Waals surface area (Å²) in [5.74, 6) is -8.31. The Morgan fingerprint density at radius 1 is 0.415 bits per heavy atom. The molecule has 25 N–H and O–H groups in total. The standard InChI is InChI=1S/C72H86N20O14/c1-103-57-23-19-40(85-65(97)50(73)30-38-36-83-51-14-7-5-12-44(38)51)32-46(57)61(93)89-53(16-9-27-80-70(74)75)66(98)86-41-20-24-58(104-2)47(33-41)62(94)90-54(17-10-28-81-71(76)77)67(99)87-42-21-25-59(105-3)48(34-42)63(95)91-55(18-11-29-82-72(78)79)68(100)88-43-22-26-60(106-4)49(35-43)64(96)92-56(69(101)102)31-39-37-84-52-15-8-6-13-45(39)52/h5-8,12-15,19-26,32-37,50,53-56,83-84H,9-11,16-18,27-31,73H2,1-4H3,(H,85,97)(H,86,98)(H,87,99)(H,88,100)(H,89,93)(H,90,94)(H,91,95)(H,92,96)(H,101,102)(H4,74,75,80)(H4,76,77,81)(H4,78,79,82). The van der Waals surface area contributed by atoms with E-state index in [1.54, 1.807) is 18.5 Å². The lowest BCUT2D eigenvalue weighted by Gasteiger charge is -2.22. The average molecular weight is 1460 g/mol. The number of hydrogen-bond acceptors (Lipinski definition) is 17. The number of methoxy groups -OCH3 is 4. The van der Waals surface area contributed by atoms with E-state index >= 15 is 0 Å². The number of rotatable bonds is 37.